The van der Waals surface area contributed by atoms with Crippen molar-refractivity contribution in [1.29, 1.82) is 0 Å². The standard InChI is InChI=1S/C29H27N3O2/c1-19(2)28-25(16-21-8-12-23(33)13-9-21)31-29-26(17-20-6-4-3-5-7-20)30-27(18-32(28)29)22-10-14-24(34)15-11-22/h3-15,18-19,33-34H,16-17H2,1-2H3. The second-order valence-corrected chi connectivity index (χ2v) is 8.92. The summed E-state index contributed by atoms with van der Waals surface area (Å²) in [5, 5.41) is 19.4. The van der Waals surface area contributed by atoms with Gasteiger partial charge in [0.2, 0.25) is 0 Å². The Labute approximate surface area is 199 Å². The van der Waals surface area contributed by atoms with Gasteiger partial charge >= 0.3 is 0 Å². The molecule has 5 nitrogen and oxygen atoms in total. The highest BCUT2D eigenvalue weighted by molar-refractivity contribution is 5.63. The summed E-state index contributed by atoms with van der Waals surface area (Å²) in [6, 6.07) is 24.8. The molecule has 170 valence electrons. The van der Waals surface area contributed by atoms with Crippen molar-refractivity contribution in [2.24, 2.45) is 0 Å². The number of phenolic OH excluding ortho intramolecular Hbond substituents is 2. The van der Waals surface area contributed by atoms with Crippen molar-refractivity contribution in [3.8, 4) is 22.8 Å². The number of hydrogen-bond donors (Lipinski definition) is 2. The Morgan fingerprint density at radius 2 is 1.29 bits per heavy atom. The molecule has 0 bridgehead atoms. The maximum Gasteiger partial charge on any atom is 0.159 e. The molecule has 3 aromatic carbocycles. The molecule has 0 saturated heterocycles. The van der Waals surface area contributed by atoms with Gasteiger partial charge in [-0.3, -0.25) is 4.40 Å². The number of rotatable bonds is 6. The van der Waals surface area contributed by atoms with Gasteiger partial charge in [-0.2, -0.15) is 0 Å². The average molecular weight is 450 g/mol. The van der Waals surface area contributed by atoms with Crippen LogP contribution in [0.2, 0.25) is 0 Å². The predicted molar refractivity (Wildman–Crippen MR) is 134 cm³/mol. The minimum Gasteiger partial charge on any atom is -0.508 e. The van der Waals surface area contributed by atoms with Gasteiger partial charge in [-0.1, -0.05) is 56.3 Å². The van der Waals surface area contributed by atoms with E-state index in [2.05, 4.69) is 36.6 Å². The molecule has 0 fully saturated rings. The number of fused-ring (bicyclic) bond motifs is 1. The molecular weight excluding hydrogens is 422 g/mol. The van der Waals surface area contributed by atoms with Gasteiger partial charge in [-0.05, 0) is 53.4 Å². The van der Waals surface area contributed by atoms with E-state index in [1.165, 1.54) is 5.56 Å². The number of hydrogen-bond acceptors (Lipinski definition) is 4. The van der Waals surface area contributed by atoms with Crippen LogP contribution in [0.3, 0.4) is 0 Å². The topological polar surface area (TPSA) is 70.7 Å². The van der Waals surface area contributed by atoms with Gasteiger partial charge in [0.05, 0.1) is 17.1 Å². The fourth-order valence-corrected chi connectivity index (χ4v) is 4.40. The maximum atomic E-state index is 9.75. The zero-order valence-electron chi connectivity index (χ0n) is 19.3. The third kappa shape index (κ3) is 4.37. The molecule has 0 saturated carbocycles. The predicted octanol–water partition coefficient (Wildman–Crippen LogP) is 6.11. The van der Waals surface area contributed by atoms with Gasteiger partial charge in [0, 0.05) is 30.3 Å². The van der Waals surface area contributed by atoms with Crippen LogP contribution in [-0.4, -0.2) is 24.6 Å². The molecule has 34 heavy (non-hydrogen) atoms. The normalized spacial score (nSPS) is 11.4. The zero-order valence-corrected chi connectivity index (χ0v) is 19.3. The van der Waals surface area contributed by atoms with Crippen molar-refractivity contribution in [3.63, 3.8) is 0 Å². The fourth-order valence-electron chi connectivity index (χ4n) is 4.40. The molecule has 0 atom stereocenters. The van der Waals surface area contributed by atoms with Crippen molar-refractivity contribution >= 4 is 5.65 Å². The highest BCUT2D eigenvalue weighted by atomic mass is 16.3. The van der Waals surface area contributed by atoms with Crippen molar-refractivity contribution in [2.45, 2.75) is 32.6 Å². The van der Waals surface area contributed by atoms with E-state index in [1.807, 2.05) is 42.5 Å². The van der Waals surface area contributed by atoms with E-state index in [9.17, 15) is 10.2 Å². The third-order valence-corrected chi connectivity index (χ3v) is 6.02. The zero-order chi connectivity index (χ0) is 23.7. The van der Waals surface area contributed by atoms with Crippen LogP contribution in [-0.2, 0) is 12.8 Å². The van der Waals surface area contributed by atoms with Crippen molar-refractivity contribution in [2.75, 3.05) is 0 Å². The number of aromatic nitrogens is 3. The summed E-state index contributed by atoms with van der Waals surface area (Å²) in [5.74, 6) is 0.744. The van der Waals surface area contributed by atoms with E-state index >= 15 is 0 Å². The van der Waals surface area contributed by atoms with E-state index in [0.717, 1.165) is 39.5 Å². The highest BCUT2D eigenvalue weighted by Gasteiger charge is 2.20. The number of phenols is 2. The molecule has 5 rings (SSSR count). The Kier molecular flexibility index (Phi) is 5.76. The molecule has 0 amide bonds. The minimum atomic E-state index is 0.232. The largest absolute Gasteiger partial charge is 0.508 e. The van der Waals surface area contributed by atoms with Crippen LogP contribution in [0.1, 0.15) is 48.0 Å². The first kappa shape index (κ1) is 21.7. The van der Waals surface area contributed by atoms with Crippen LogP contribution < -0.4 is 0 Å². The van der Waals surface area contributed by atoms with Gasteiger partial charge in [-0.25, -0.2) is 9.97 Å². The van der Waals surface area contributed by atoms with Gasteiger partial charge in [0.1, 0.15) is 11.5 Å². The Hall–Kier alpha value is -4.12. The van der Waals surface area contributed by atoms with Gasteiger partial charge < -0.3 is 10.2 Å². The van der Waals surface area contributed by atoms with Crippen molar-refractivity contribution in [1.82, 2.24) is 14.4 Å². The molecule has 0 aliphatic carbocycles. The van der Waals surface area contributed by atoms with E-state index in [4.69, 9.17) is 9.97 Å². The summed E-state index contributed by atoms with van der Waals surface area (Å²) in [7, 11) is 0. The summed E-state index contributed by atoms with van der Waals surface area (Å²) in [5.41, 5.74) is 8.00. The second-order valence-electron chi connectivity index (χ2n) is 8.92. The molecule has 2 N–H and O–H groups in total. The lowest BCUT2D eigenvalue weighted by molar-refractivity contribution is 0.474. The summed E-state index contributed by atoms with van der Waals surface area (Å²) >= 11 is 0. The van der Waals surface area contributed by atoms with Crippen molar-refractivity contribution in [3.05, 3.63) is 113 Å². The quantitative estimate of drug-likeness (QED) is 0.328. The first-order valence-corrected chi connectivity index (χ1v) is 11.5. The number of benzene rings is 3. The molecule has 0 aliphatic heterocycles. The smallest absolute Gasteiger partial charge is 0.159 e. The van der Waals surface area contributed by atoms with Gasteiger partial charge in [-0.15, -0.1) is 0 Å². The second kappa shape index (κ2) is 9.02. The van der Waals surface area contributed by atoms with Crippen LogP contribution in [0.15, 0.2) is 85.1 Å². The van der Waals surface area contributed by atoms with E-state index in [1.54, 1.807) is 24.3 Å². The molecule has 0 unspecified atom stereocenters. The van der Waals surface area contributed by atoms with Crippen LogP contribution in [0.25, 0.3) is 16.9 Å². The Bertz CT molecular complexity index is 1420. The summed E-state index contributed by atoms with van der Waals surface area (Å²) in [6.07, 6.45) is 3.40. The lowest BCUT2D eigenvalue weighted by atomic mass is 10.0. The van der Waals surface area contributed by atoms with Crippen LogP contribution in [0, 0.1) is 0 Å². The summed E-state index contributed by atoms with van der Waals surface area (Å²) < 4.78 is 2.19. The molecule has 5 heteroatoms. The average Bonchev–Trinajstić information content (AvgIpc) is 3.20. The maximum absolute atomic E-state index is 9.75. The van der Waals surface area contributed by atoms with Gasteiger partial charge in [0.15, 0.2) is 5.65 Å². The molecule has 0 spiro atoms. The first-order valence-electron chi connectivity index (χ1n) is 11.5. The third-order valence-electron chi connectivity index (χ3n) is 6.02. The molecular formula is C29H27N3O2. The Balaban J connectivity index is 1.69. The van der Waals surface area contributed by atoms with E-state index in [-0.39, 0.29) is 17.4 Å². The molecule has 0 radical (unpaired) electrons. The molecule has 2 aromatic heterocycles. The Morgan fingerprint density at radius 3 is 1.94 bits per heavy atom. The molecule has 5 aromatic rings. The summed E-state index contributed by atoms with van der Waals surface area (Å²) in [6.45, 7) is 4.36. The number of aromatic hydroxyl groups is 2. The lowest BCUT2D eigenvalue weighted by Gasteiger charge is -2.12. The van der Waals surface area contributed by atoms with Crippen LogP contribution >= 0.6 is 0 Å². The highest BCUT2D eigenvalue weighted by Crippen LogP contribution is 2.29. The van der Waals surface area contributed by atoms with E-state index < -0.39 is 0 Å². The van der Waals surface area contributed by atoms with Crippen LogP contribution in [0.5, 0.6) is 11.5 Å². The number of nitrogens with zero attached hydrogens (tertiary/aromatic N) is 3. The number of imidazole rings is 1. The molecule has 0 aliphatic rings. The Morgan fingerprint density at radius 1 is 0.706 bits per heavy atom. The monoisotopic (exact) mass is 449 g/mol. The van der Waals surface area contributed by atoms with E-state index in [0.29, 0.717) is 12.8 Å². The fraction of sp³-hybridized carbons (Fsp3) is 0.172. The van der Waals surface area contributed by atoms with Gasteiger partial charge in [0.25, 0.3) is 0 Å². The SMILES string of the molecule is CC(C)c1c(Cc2ccc(O)cc2)nc2c(Cc3ccccc3)nc(-c3ccc(O)cc3)cn12. The van der Waals surface area contributed by atoms with Crippen LogP contribution in [0.4, 0.5) is 0 Å². The lowest BCUT2D eigenvalue weighted by Crippen LogP contribution is -2.04. The first-order chi connectivity index (χ1) is 16.5. The minimum absolute atomic E-state index is 0.232. The molecule has 2 heterocycles. The summed E-state index contributed by atoms with van der Waals surface area (Å²) in [4.78, 5) is 10.1. The van der Waals surface area contributed by atoms with Crippen molar-refractivity contribution < 1.29 is 10.2 Å².